The van der Waals surface area contributed by atoms with E-state index in [0.29, 0.717) is 12.3 Å². The molecule has 0 saturated carbocycles. The van der Waals surface area contributed by atoms with Crippen LogP contribution in [0, 0.1) is 5.92 Å². The fraction of sp³-hybridized carbons (Fsp3) is 0.900. The lowest BCUT2D eigenvalue weighted by Gasteiger charge is -2.08. The monoisotopic (exact) mass is 171 g/mol. The molecule has 0 saturated heterocycles. The van der Waals surface area contributed by atoms with Gasteiger partial charge in [0.15, 0.2) is 0 Å². The first kappa shape index (κ1) is 11.6. The van der Waals surface area contributed by atoms with Crippen LogP contribution in [0.1, 0.15) is 46.0 Å². The van der Waals surface area contributed by atoms with Gasteiger partial charge < -0.3 is 5.73 Å². The molecule has 0 rings (SSSR count). The molecular formula is C10H21NO. The van der Waals surface area contributed by atoms with Gasteiger partial charge in [-0.1, -0.05) is 20.3 Å². The summed E-state index contributed by atoms with van der Waals surface area (Å²) in [4.78, 5) is 11.4. The molecule has 0 aromatic heterocycles. The van der Waals surface area contributed by atoms with Crippen LogP contribution in [0.2, 0.25) is 0 Å². The molecule has 0 radical (unpaired) electrons. The summed E-state index contributed by atoms with van der Waals surface area (Å²) in [5, 5.41) is 0. The van der Waals surface area contributed by atoms with Crippen LogP contribution in [-0.2, 0) is 4.79 Å². The molecule has 0 bridgehead atoms. The first-order valence-corrected chi connectivity index (χ1v) is 4.95. The Balaban J connectivity index is 3.47. The highest BCUT2D eigenvalue weighted by molar-refractivity contribution is 5.80. The van der Waals surface area contributed by atoms with E-state index in [1.54, 1.807) is 0 Å². The Labute approximate surface area is 75.5 Å². The lowest BCUT2D eigenvalue weighted by atomic mass is 9.97. The molecule has 0 aliphatic rings. The Morgan fingerprint density at radius 3 is 2.58 bits per heavy atom. The Kier molecular flexibility index (Phi) is 7.06. The van der Waals surface area contributed by atoms with Gasteiger partial charge in [0.1, 0.15) is 5.78 Å². The number of carbonyl (C=O) groups is 1. The zero-order valence-corrected chi connectivity index (χ0v) is 8.31. The minimum absolute atomic E-state index is 0.222. The summed E-state index contributed by atoms with van der Waals surface area (Å²) in [7, 11) is 0. The second-order valence-electron chi connectivity index (χ2n) is 3.40. The average Bonchev–Trinajstić information content (AvgIpc) is 2.10. The van der Waals surface area contributed by atoms with Gasteiger partial charge in [0.2, 0.25) is 0 Å². The number of unbranched alkanes of at least 4 members (excludes halogenated alkanes) is 1. The maximum atomic E-state index is 11.4. The van der Waals surface area contributed by atoms with E-state index in [-0.39, 0.29) is 5.92 Å². The lowest BCUT2D eigenvalue weighted by molar-refractivity contribution is -0.122. The zero-order chi connectivity index (χ0) is 9.40. The van der Waals surface area contributed by atoms with E-state index in [9.17, 15) is 4.79 Å². The van der Waals surface area contributed by atoms with Crippen molar-refractivity contribution < 1.29 is 4.79 Å². The summed E-state index contributed by atoms with van der Waals surface area (Å²) in [6.07, 6.45) is 4.82. The topological polar surface area (TPSA) is 43.1 Å². The molecule has 0 fully saturated rings. The van der Waals surface area contributed by atoms with Gasteiger partial charge in [-0.15, -0.1) is 0 Å². The predicted octanol–water partition coefficient (Wildman–Crippen LogP) is 2.12. The molecule has 2 nitrogen and oxygen atoms in total. The normalized spacial score (nSPS) is 12.9. The summed E-state index contributed by atoms with van der Waals surface area (Å²) in [5.41, 5.74) is 5.37. The van der Waals surface area contributed by atoms with Crippen molar-refractivity contribution in [2.75, 3.05) is 6.54 Å². The quantitative estimate of drug-likeness (QED) is 0.637. The molecule has 0 amide bonds. The highest BCUT2D eigenvalue weighted by atomic mass is 16.1. The largest absolute Gasteiger partial charge is 0.330 e. The second kappa shape index (κ2) is 7.29. The lowest BCUT2D eigenvalue weighted by Crippen LogP contribution is -2.12. The third-order valence-corrected chi connectivity index (χ3v) is 2.17. The molecule has 0 aromatic rings. The first-order valence-electron chi connectivity index (χ1n) is 4.95. The molecule has 0 spiro atoms. The van der Waals surface area contributed by atoms with Gasteiger partial charge in [-0.3, -0.25) is 4.79 Å². The van der Waals surface area contributed by atoms with Crippen molar-refractivity contribution in [3.05, 3.63) is 0 Å². The SMILES string of the molecule is CCCCC(=O)C(C)CCCN. The molecular weight excluding hydrogens is 150 g/mol. The van der Waals surface area contributed by atoms with Crippen LogP contribution in [-0.4, -0.2) is 12.3 Å². The zero-order valence-electron chi connectivity index (χ0n) is 8.31. The molecule has 2 N–H and O–H groups in total. The highest BCUT2D eigenvalue weighted by Gasteiger charge is 2.10. The smallest absolute Gasteiger partial charge is 0.135 e. The Bertz CT molecular complexity index is 123. The van der Waals surface area contributed by atoms with Crippen molar-refractivity contribution in [1.82, 2.24) is 0 Å². The van der Waals surface area contributed by atoms with Crippen LogP contribution in [0.4, 0.5) is 0 Å². The minimum Gasteiger partial charge on any atom is -0.330 e. The van der Waals surface area contributed by atoms with Crippen molar-refractivity contribution in [1.29, 1.82) is 0 Å². The maximum absolute atomic E-state index is 11.4. The van der Waals surface area contributed by atoms with Gasteiger partial charge in [0.25, 0.3) is 0 Å². The second-order valence-corrected chi connectivity index (χ2v) is 3.40. The summed E-state index contributed by atoms with van der Waals surface area (Å²) >= 11 is 0. The number of carbonyl (C=O) groups excluding carboxylic acids is 1. The fourth-order valence-electron chi connectivity index (χ4n) is 1.18. The van der Waals surface area contributed by atoms with E-state index in [2.05, 4.69) is 6.92 Å². The van der Waals surface area contributed by atoms with Gasteiger partial charge in [-0.25, -0.2) is 0 Å². The number of nitrogens with two attached hydrogens (primary N) is 1. The standard InChI is InChI=1S/C10H21NO/c1-3-4-7-10(12)9(2)6-5-8-11/h9H,3-8,11H2,1-2H3. The van der Waals surface area contributed by atoms with E-state index in [0.717, 1.165) is 32.1 Å². The van der Waals surface area contributed by atoms with E-state index >= 15 is 0 Å². The van der Waals surface area contributed by atoms with Gasteiger partial charge in [-0.05, 0) is 25.8 Å². The van der Waals surface area contributed by atoms with Gasteiger partial charge in [-0.2, -0.15) is 0 Å². The van der Waals surface area contributed by atoms with Crippen molar-refractivity contribution >= 4 is 5.78 Å². The molecule has 0 aliphatic heterocycles. The van der Waals surface area contributed by atoms with Crippen LogP contribution in [0.5, 0.6) is 0 Å². The highest BCUT2D eigenvalue weighted by Crippen LogP contribution is 2.10. The van der Waals surface area contributed by atoms with E-state index in [1.807, 2.05) is 6.92 Å². The fourth-order valence-corrected chi connectivity index (χ4v) is 1.18. The molecule has 72 valence electrons. The third-order valence-electron chi connectivity index (χ3n) is 2.17. The van der Waals surface area contributed by atoms with E-state index in [1.165, 1.54) is 0 Å². The summed E-state index contributed by atoms with van der Waals surface area (Å²) in [5.74, 6) is 0.630. The minimum atomic E-state index is 0.222. The first-order chi connectivity index (χ1) is 5.72. The molecule has 12 heavy (non-hydrogen) atoms. The van der Waals surface area contributed by atoms with Crippen molar-refractivity contribution in [3.8, 4) is 0 Å². The van der Waals surface area contributed by atoms with E-state index in [4.69, 9.17) is 5.73 Å². The van der Waals surface area contributed by atoms with Gasteiger partial charge >= 0.3 is 0 Å². The molecule has 1 unspecified atom stereocenters. The van der Waals surface area contributed by atoms with Crippen molar-refractivity contribution in [2.45, 2.75) is 46.0 Å². The molecule has 0 aromatic carbocycles. The molecule has 2 heteroatoms. The number of Topliss-reactive ketones (excluding diaryl/α,β-unsaturated/α-hetero) is 1. The van der Waals surface area contributed by atoms with Crippen LogP contribution >= 0.6 is 0 Å². The van der Waals surface area contributed by atoms with Gasteiger partial charge in [0, 0.05) is 12.3 Å². The summed E-state index contributed by atoms with van der Waals surface area (Å²) < 4.78 is 0. The van der Waals surface area contributed by atoms with Crippen LogP contribution in [0.15, 0.2) is 0 Å². The number of rotatable bonds is 7. The predicted molar refractivity (Wildman–Crippen MR) is 52.0 cm³/mol. The number of ketones is 1. The average molecular weight is 171 g/mol. The molecule has 0 aliphatic carbocycles. The van der Waals surface area contributed by atoms with Crippen molar-refractivity contribution in [2.24, 2.45) is 11.7 Å². The van der Waals surface area contributed by atoms with Gasteiger partial charge in [0.05, 0.1) is 0 Å². The third kappa shape index (κ3) is 5.30. The van der Waals surface area contributed by atoms with Crippen LogP contribution < -0.4 is 5.73 Å². The number of hydrogen-bond donors (Lipinski definition) is 1. The molecule has 1 atom stereocenters. The van der Waals surface area contributed by atoms with E-state index < -0.39 is 0 Å². The Morgan fingerprint density at radius 2 is 2.08 bits per heavy atom. The number of hydrogen-bond acceptors (Lipinski definition) is 2. The Morgan fingerprint density at radius 1 is 1.42 bits per heavy atom. The maximum Gasteiger partial charge on any atom is 0.135 e. The molecule has 0 heterocycles. The summed E-state index contributed by atoms with van der Waals surface area (Å²) in [6.45, 7) is 4.82. The van der Waals surface area contributed by atoms with Crippen molar-refractivity contribution in [3.63, 3.8) is 0 Å². The van der Waals surface area contributed by atoms with Crippen LogP contribution in [0.25, 0.3) is 0 Å². The summed E-state index contributed by atoms with van der Waals surface area (Å²) in [6, 6.07) is 0. The van der Waals surface area contributed by atoms with Crippen LogP contribution in [0.3, 0.4) is 0 Å². The Hall–Kier alpha value is -0.370.